The molecule has 0 unspecified atom stereocenters. The maximum absolute atomic E-state index is 10.4. The van der Waals surface area contributed by atoms with Gasteiger partial charge in [-0.25, -0.2) is 0 Å². The van der Waals surface area contributed by atoms with Gasteiger partial charge in [0, 0.05) is 11.6 Å². The normalized spacial score (nSPS) is 11.5. The summed E-state index contributed by atoms with van der Waals surface area (Å²) in [7, 11) is 10.6. The first-order valence-electron chi connectivity index (χ1n) is 17.5. The highest BCUT2D eigenvalue weighted by molar-refractivity contribution is 6.69. The second-order valence-corrected chi connectivity index (χ2v) is 17.5. The highest BCUT2D eigenvalue weighted by Gasteiger charge is 2.21. The fraction of sp³-hybridized carbons (Fsp3) is 0.349. The Bertz CT molecular complexity index is 1860. The summed E-state index contributed by atoms with van der Waals surface area (Å²) in [5, 5.41) is 10.4. The van der Waals surface area contributed by atoms with Gasteiger partial charge in [-0.1, -0.05) is 36.4 Å². The SMILES string of the molecule is COc1ccc(/C=C\c2cc(OC)c(OC)c(OC)c2)cc1C(C)(C)O.COc1ccc(/C=C\c2cc(OC)c(OC)c(OC)c2)cc1OCC[Si](C)(C)O. The number of ether oxygens (including phenoxy) is 9. The van der Waals surface area contributed by atoms with E-state index in [0.29, 0.717) is 64.4 Å². The van der Waals surface area contributed by atoms with E-state index in [1.807, 2.05) is 98.1 Å². The molecule has 2 N–H and O–H groups in total. The summed E-state index contributed by atoms with van der Waals surface area (Å²) in [6.07, 6.45) is 7.83. The highest BCUT2D eigenvalue weighted by Crippen LogP contribution is 2.40. The topological polar surface area (TPSA) is 124 Å². The van der Waals surface area contributed by atoms with Gasteiger partial charge in [-0.15, -0.1) is 0 Å². The van der Waals surface area contributed by atoms with Crippen LogP contribution in [-0.2, 0) is 5.60 Å². The molecule has 0 fully saturated rings. The fourth-order valence-electron chi connectivity index (χ4n) is 5.41. The van der Waals surface area contributed by atoms with Crippen molar-refractivity contribution in [3.63, 3.8) is 0 Å². The number of methoxy groups -OCH3 is 8. The first kappa shape index (κ1) is 44.1. The Morgan fingerprint density at radius 2 is 0.855 bits per heavy atom. The maximum atomic E-state index is 10.4. The lowest BCUT2D eigenvalue weighted by molar-refractivity contribution is 0.0756. The van der Waals surface area contributed by atoms with E-state index in [2.05, 4.69) is 0 Å². The molecule has 4 aromatic carbocycles. The Balaban J connectivity index is 0.000000297. The number of benzene rings is 4. The van der Waals surface area contributed by atoms with Crippen LogP contribution in [0.1, 0.15) is 41.7 Å². The van der Waals surface area contributed by atoms with Gasteiger partial charge in [0.25, 0.3) is 0 Å². The van der Waals surface area contributed by atoms with Crippen LogP contribution in [0.15, 0.2) is 60.7 Å². The highest BCUT2D eigenvalue weighted by atomic mass is 28.4. The zero-order valence-corrected chi connectivity index (χ0v) is 35.1. The van der Waals surface area contributed by atoms with Gasteiger partial charge in [-0.05, 0) is 97.7 Å². The van der Waals surface area contributed by atoms with Crippen molar-refractivity contribution in [2.24, 2.45) is 0 Å². The molecule has 0 bridgehead atoms. The standard InChI is InChI=1S/C22H30O6Si.C21H26O5/c1-24-18-10-9-16(13-19(18)28-11-12-29(5,6)23)7-8-17-14-20(25-2)22(27-4)21(15-17)26-3;1-21(2,22)16-11-14(9-10-17(16)23-3)7-8-15-12-18(24-4)20(26-6)19(13-15)25-5/h7-10,13-15,23H,11-12H2,1-6H3;7-13,22H,1-6H3/b2*8-7-. The van der Waals surface area contributed by atoms with Gasteiger partial charge >= 0.3 is 0 Å². The Morgan fingerprint density at radius 3 is 1.22 bits per heavy atom. The molecule has 0 amide bonds. The summed E-state index contributed by atoms with van der Waals surface area (Å²) in [6.45, 7) is 7.70. The van der Waals surface area contributed by atoms with Crippen molar-refractivity contribution < 1.29 is 52.5 Å². The van der Waals surface area contributed by atoms with Crippen molar-refractivity contribution in [3.05, 3.63) is 88.5 Å². The van der Waals surface area contributed by atoms with E-state index < -0.39 is 13.9 Å². The molecule has 0 heterocycles. The number of hydrogen-bond acceptors (Lipinski definition) is 11. The van der Waals surface area contributed by atoms with E-state index in [9.17, 15) is 9.90 Å². The zero-order chi connectivity index (χ0) is 40.8. The molecule has 12 heteroatoms. The largest absolute Gasteiger partial charge is 0.496 e. The minimum atomic E-state index is -2.15. The van der Waals surface area contributed by atoms with Gasteiger partial charge in [0.15, 0.2) is 42.8 Å². The van der Waals surface area contributed by atoms with Crippen molar-refractivity contribution in [3.8, 4) is 51.7 Å². The minimum absolute atomic E-state index is 0.451. The number of rotatable bonds is 17. The van der Waals surface area contributed by atoms with Gasteiger partial charge in [-0.2, -0.15) is 0 Å². The van der Waals surface area contributed by atoms with Crippen molar-refractivity contribution in [1.29, 1.82) is 0 Å². The summed E-state index contributed by atoms with van der Waals surface area (Å²) in [5.74, 6) is 5.47. The van der Waals surface area contributed by atoms with Gasteiger partial charge in [0.2, 0.25) is 11.5 Å². The molecule has 0 aliphatic rings. The molecule has 11 nitrogen and oxygen atoms in total. The molecule has 0 aliphatic carbocycles. The van der Waals surface area contributed by atoms with Crippen LogP contribution in [-0.4, -0.2) is 81.7 Å². The van der Waals surface area contributed by atoms with E-state index in [4.69, 9.17) is 42.6 Å². The lowest BCUT2D eigenvalue weighted by Gasteiger charge is -2.21. The van der Waals surface area contributed by atoms with Crippen molar-refractivity contribution >= 4 is 32.6 Å². The van der Waals surface area contributed by atoms with Crippen LogP contribution in [0.25, 0.3) is 24.3 Å². The average Bonchev–Trinajstić information content (AvgIpc) is 3.17. The molecule has 0 aromatic heterocycles. The molecule has 298 valence electrons. The van der Waals surface area contributed by atoms with Crippen molar-refractivity contribution in [1.82, 2.24) is 0 Å². The summed E-state index contributed by atoms with van der Waals surface area (Å²) < 4.78 is 48.8. The third-order valence-electron chi connectivity index (χ3n) is 8.35. The van der Waals surface area contributed by atoms with Crippen LogP contribution in [0.5, 0.6) is 51.7 Å². The lowest BCUT2D eigenvalue weighted by Crippen LogP contribution is -2.27. The molecular weight excluding hydrogens is 721 g/mol. The molecule has 0 spiro atoms. The second kappa shape index (κ2) is 20.4. The van der Waals surface area contributed by atoms with E-state index in [1.165, 1.54) is 0 Å². The molecule has 55 heavy (non-hydrogen) atoms. The van der Waals surface area contributed by atoms with Gasteiger partial charge in [0.05, 0.1) is 69.1 Å². The molecule has 0 saturated carbocycles. The Kier molecular flexibility index (Phi) is 16.4. The van der Waals surface area contributed by atoms with Gasteiger partial charge in [-0.3, -0.25) is 0 Å². The third kappa shape index (κ3) is 12.6. The molecule has 0 saturated heterocycles. The third-order valence-corrected chi connectivity index (χ3v) is 9.78. The van der Waals surface area contributed by atoms with E-state index in [1.54, 1.807) is 70.7 Å². The smallest absolute Gasteiger partial charge is 0.203 e. The van der Waals surface area contributed by atoms with E-state index >= 15 is 0 Å². The summed E-state index contributed by atoms with van der Waals surface area (Å²) >= 11 is 0. The Morgan fingerprint density at radius 1 is 0.491 bits per heavy atom. The summed E-state index contributed by atoms with van der Waals surface area (Å²) in [5.41, 5.74) is 3.44. The van der Waals surface area contributed by atoms with Crippen LogP contribution in [0.2, 0.25) is 19.1 Å². The quantitative estimate of drug-likeness (QED) is 0.0792. The zero-order valence-electron chi connectivity index (χ0n) is 34.1. The lowest BCUT2D eigenvalue weighted by atomic mass is 9.95. The van der Waals surface area contributed by atoms with Gasteiger partial charge in [0.1, 0.15) is 5.75 Å². The Hall–Kier alpha value is -5.30. The van der Waals surface area contributed by atoms with Crippen molar-refractivity contribution in [2.45, 2.75) is 38.6 Å². The van der Waals surface area contributed by atoms with Crippen LogP contribution in [0.3, 0.4) is 0 Å². The molecule has 0 aliphatic heterocycles. The van der Waals surface area contributed by atoms with Gasteiger partial charge < -0.3 is 52.5 Å². The predicted molar refractivity (Wildman–Crippen MR) is 221 cm³/mol. The number of aliphatic hydroxyl groups is 1. The summed E-state index contributed by atoms with van der Waals surface area (Å²) in [4.78, 5) is 10.00. The fourth-order valence-corrected chi connectivity index (χ4v) is 6.01. The summed E-state index contributed by atoms with van der Waals surface area (Å²) in [6, 6.07) is 19.6. The predicted octanol–water partition coefficient (Wildman–Crippen LogP) is 8.59. The molecular formula is C43H56O11Si. The first-order chi connectivity index (χ1) is 26.1. The van der Waals surface area contributed by atoms with Crippen LogP contribution < -0.4 is 42.6 Å². The van der Waals surface area contributed by atoms with Crippen LogP contribution in [0, 0.1) is 0 Å². The van der Waals surface area contributed by atoms with E-state index in [-0.39, 0.29) is 0 Å². The van der Waals surface area contributed by atoms with Crippen LogP contribution in [0.4, 0.5) is 0 Å². The van der Waals surface area contributed by atoms with Crippen molar-refractivity contribution in [2.75, 3.05) is 63.5 Å². The molecule has 0 radical (unpaired) electrons. The minimum Gasteiger partial charge on any atom is -0.496 e. The Labute approximate surface area is 326 Å². The molecule has 0 atom stereocenters. The average molecular weight is 777 g/mol. The first-order valence-corrected chi connectivity index (χ1v) is 20.7. The van der Waals surface area contributed by atoms with Crippen LogP contribution >= 0.6 is 0 Å². The molecule has 4 rings (SSSR count). The maximum Gasteiger partial charge on any atom is 0.203 e. The second-order valence-electron chi connectivity index (χ2n) is 13.4. The number of hydrogen-bond donors (Lipinski definition) is 2. The molecule has 4 aromatic rings. The van der Waals surface area contributed by atoms with E-state index in [0.717, 1.165) is 27.8 Å². The monoisotopic (exact) mass is 776 g/mol.